The maximum atomic E-state index is 12.5. The summed E-state index contributed by atoms with van der Waals surface area (Å²) in [7, 11) is 1.55. The summed E-state index contributed by atoms with van der Waals surface area (Å²) >= 11 is 0. The van der Waals surface area contributed by atoms with Crippen molar-refractivity contribution in [1.29, 1.82) is 0 Å². The molecule has 4 heteroatoms. The van der Waals surface area contributed by atoms with Crippen LogP contribution in [0.3, 0.4) is 0 Å². The average molecular weight is 268 g/mol. The number of carbonyl (C=O) groups excluding carboxylic acids is 1. The summed E-state index contributed by atoms with van der Waals surface area (Å²) in [6.45, 7) is 1.42. The maximum absolute atomic E-state index is 12.5. The van der Waals surface area contributed by atoms with Crippen LogP contribution in [-0.2, 0) is 13.0 Å². The molecule has 0 radical (unpaired) electrons. The minimum atomic E-state index is 0.0280. The SMILES string of the molecule is COc1cc(C(=O)N2CCc3ccccc3C2)ccn1. The van der Waals surface area contributed by atoms with Gasteiger partial charge < -0.3 is 9.64 Å². The molecular weight excluding hydrogens is 252 g/mol. The quantitative estimate of drug-likeness (QED) is 0.839. The Kier molecular flexibility index (Phi) is 3.37. The summed E-state index contributed by atoms with van der Waals surface area (Å²) in [4.78, 5) is 18.4. The second kappa shape index (κ2) is 5.33. The van der Waals surface area contributed by atoms with Crippen LogP contribution in [0.1, 0.15) is 21.5 Å². The molecule has 0 aliphatic carbocycles. The molecule has 0 atom stereocenters. The van der Waals surface area contributed by atoms with E-state index >= 15 is 0 Å². The molecule has 102 valence electrons. The highest BCUT2D eigenvalue weighted by Gasteiger charge is 2.21. The molecule has 2 aromatic rings. The van der Waals surface area contributed by atoms with E-state index in [0.29, 0.717) is 18.0 Å². The van der Waals surface area contributed by atoms with Crippen molar-refractivity contribution in [3.05, 3.63) is 59.3 Å². The molecule has 0 bridgehead atoms. The van der Waals surface area contributed by atoms with Gasteiger partial charge in [-0.25, -0.2) is 4.98 Å². The van der Waals surface area contributed by atoms with Gasteiger partial charge in [-0.3, -0.25) is 4.79 Å². The summed E-state index contributed by atoms with van der Waals surface area (Å²) < 4.78 is 5.07. The van der Waals surface area contributed by atoms with Crippen molar-refractivity contribution in [1.82, 2.24) is 9.88 Å². The van der Waals surface area contributed by atoms with Crippen LogP contribution in [0.2, 0.25) is 0 Å². The van der Waals surface area contributed by atoms with Crippen molar-refractivity contribution in [2.75, 3.05) is 13.7 Å². The van der Waals surface area contributed by atoms with Crippen LogP contribution in [0, 0.1) is 0 Å². The van der Waals surface area contributed by atoms with Gasteiger partial charge in [-0.05, 0) is 23.6 Å². The maximum Gasteiger partial charge on any atom is 0.254 e. The van der Waals surface area contributed by atoms with E-state index in [1.165, 1.54) is 11.1 Å². The number of amides is 1. The number of benzene rings is 1. The molecule has 0 spiro atoms. The summed E-state index contributed by atoms with van der Waals surface area (Å²) in [6, 6.07) is 11.7. The van der Waals surface area contributed by atoms with Gasteiger partial charge in [-0.2, -0.15) is 0 Å². The third-order valence-electron chi connectivity index (χ3n) is 3.61. The van der Waals surface area contributed by atoms with Crippen LogP contribution in [0.5, 0.6) is 5.88 Å². The first-order valence-corrected chi connectivity index (χ1v) is 6.64. The standard InChI is InChI=1S/C16H16N2O2/c1-20-15-10-13(6-8-17-15)16(19)18-9-7-12-4-2-3-5-14(12)11-18/h2-6,8,10H,7,9,11H2,1H3. The van der Waals surface area contributed by atoms with Gasteiger partial charge in [0.25, 0.3) is 5.91 Å². The first-order chi connectivity index (χ1) is 9.78. The molecule has 2 heterocycles. The van der Waals surface area contributed by atoms with Crippen LogP contribution >= 0.6 is 0 Å². The number of nitrogens with zero attached hydrogens (tertiary/aromatic N) is 2. The predicted molar refractivity (Wildman–Crippen MR) is 75.7 cm³/mol. The number of hydrogen-bond acceptors (Lipinski definition) is 3. The number of rotatable bonds is 2. The molecule has 20 heavy (non-hydrogen) atoms. The van der Waals surface area contributed by atoms with Crippen LogP contribution in [0.25, 0.3) is 0 Å². The number of methoxy groups -OCH3 is 1. The van der Waals surface area contributed by atoms with Crippen molar-refractivity contribution in [3.8, 4) is 5.88 Å². The lowest BCUT2D eigenvalue weighted by Crippen LogP contribution is -2.35. The minimum Gasteiger partial charge on any atom is -0.481 e. The van der Waals surface area contributed by atoms with E-state index in [4.69, 9.17) is 4.74 Å². The zero-order valence-corrected chi connectivity index (χ0v) is 11.4. The van der Waals surface area contributed by atoms with E-state index in [1.807, 2.05) is 17.0 Å². The van der Waals surface area contributed by atoms with E-state index in [0.717, 1.165) is 13.0 Å². The molecule has 1 aromatic heterocycles. The van der Waals surface area contributed by atoms with Crippen molar-refractivity contribution >= 4 is 5.91 Å². The third-order valence-corrected chi connectivity index (χ3v) is 3.61. The minimum absolute atomic E-state index is 0.0280. The summed E-state index contributed by atoms with van der Waals surface area (Å²) in [5, 5.41) is 0. The monoisotopic (exact) mass is 268 g/mol. The van der Waals surface area contributed by atoms with Crippen LogP contribution in [0.4, 0.5) is 0 Å². The molecule has 1 aliphatic heterocycles. The molecule has 1 amide bonds. The Labute approximate surface area is 118 Å². The molecule has 1 aliphatic rings. The van der Waals surface area contributed by atoms with Gasteiger partial charge in [0.15, 0.2) is 0 Å². The Morgan fingerprint density at radius 1 is 1.25 bits per heavy atom. The Morgan fingerprint density at radius 3 is 2.85 bits per heavy atom. The fourth-order valence-electron chi connectivity index (χ4n) is 2.51. The van der Waals surface area contributed by atoms with E-state index < -0.39 is 0 Å². The summed E-state index contributed by atoms with van der Waals surface area (Å²) in [6.07, 6.45) is 2.51. The first kappa shape index (κ1) is 12.7. The van der Waals surface area contributed by atoms with Crippen molar-refractivity contribution in [2.24, 2.45) is 0 Å². The molecule has 0 saturated carbocycles. The average Bonchev–Trinajstić information content (AvgIpc) is 2.53. The lowest BCUT2D eigenvalue weighted by Gasteiger charge is -2.29. The lowest BCUT2D eigenvalue weighted by atomic mass is 9.99. The second-order valence-electron chi connectivity index (χ2n) is 4.83. The molecule has 0 N–H and O–H groups in total. The third kappa shape index (κ3) is 2.37. The molecule has 1 aromatic carbocycles. The molecule has 0 fully saturated rings. The van der Waals surface area contributed by atoms with Crippen LogP contribution < -0.4 is 4.74 Å². The number of ether oxygens (including phenoxy) is 1. The lowest BCUT2D eigenvalue weighted by molar-refractivity contribution is 0.0734. The van der Waals surface area contributed by atoms with Gasteiger partial charge in [0.2, 0.25) is 5.88 Å². The van der Waals surface area contributed by atoms with E-state index in [2.05, 4.69) is 17.1 Å². The van der Waals surface area contributed by atoms with Crippen molar-refractivity contribution in [2.45, 2.75) is 13.0 Å². The topological polar surface area (TPSA) is 42.4 Å². The second-order valence-corrected chi connectivity index (χ2v) is 4.83. The Balaban J connectivity index is 1.82. The number of carbonyl (C=O) groups is 1. The number of fused-ring (bicyclic) bond motifs is 1. The highest BCUT2D eigenvalue weighted by molar-refractivity contribution is 5.94. The van der Waals surface area contributed by atoms with E-state index in [9.17, 15) is 4.79 Å². The van der Waals surface area contributed by atoms with Gasteiger partial charge in [-0.15, -0.1) is 0 Å². The van der Waals surface area contributed by atoms with Gasteiger partial charge in [0.1, 0.15) is 0 Å². The van der Waals surface area contributed by atoms with Crippen molar-refractivity contribution < 1.29 is 9.53 Å². The van der Waals surface area contributed by atoms with Gasteiger partial charge in [-0.1, -0.05) is 24.3 Å². The fourth-order valence-corrected chi connectivity index (χ4v) is 2.51. The van der Waals surface area contributed by atoms with E-state index in [-0.39, 0.29) is 5.91 Å². The number of aromatic nitrogens is 1. The largest absolute Gasteiger partial charge is 0.481 e. The van der Waals surface area contributed by atoms with Crippen LogP contribution in [-0.4, -0.2) is 29.4 Å². The summed E-state index contributed by atoms with van der Waals surface area (Å²) in [5.74, 6) is 0.494. The number of pyridine rings is 1. The first-order valence-electron chi connectivity index (χ1n) is 6.64. The number of hydrogen-bond donors (Lipinski definition) is 0. The highest BCUT2D eigenvalue weighted by Crippen LogP contribution is 2.21. The normalized spacial score (nSPS) is 13.8. The Hall–Kier alpha value is -2.36. The highest BCUT2D eigenvalue weighted by atomic mass is 16.5. The molecule has 0 unspecified atom stereocenters. The van der Waals surface area contributed by atoms with Gasteiger partial charge >= 0.3 is 0 Å². The van der Waals surface area contributed by atoms with Gasteiger partial charge in [0.05, 0.1) is 7.11 Å². The van der Waals surface area contributed by atoms with Crippen molar-refractivity contribution in [3.63, 3.8) is 0 Å². The fraction of sp³-hybridized carbons (Fsp3) is 0.250. The molecular formula is C16H16N2O2. The van der Waals surface area contributed by atoms with Crippen LogP contribution in [0.15, 0.2) is 42.6 Å². The molecule has 0 saturated heterocycles. The predicted octanol–water partition coefficient (Wildman–Crippen LogP) is 2.29. The van der Waals surface area contributed by atoms with E-state index in [1.54, 1.807) is 25.4 Å². The smallest absolute Gasteiger partial charge is 0.254 e. The summed E-state index contributed by atoms with van der Waals surface area (Å²) in [5.41, 5.74) is 3.19. The Morgan fingerprint density at radius 2 is 2.05 bits per heavy atom. The molecule has 4 nitrogen and oxygen atoms in total. The van der Waals surface area contributed by atoms with Gasteiger partial charge in [0, 0.05) is 30.9 Å². The Bertz CT molecular complexity index is 640. The molecule has 3 rings (SSSR count). The zero-order chi connectivity index (χ0) is 13.9. The zero-order valence-electron chi connectivity index (χ0n) is 11.4.